The van der Waals surface area contributed by atoms with E-state index in [0.29, 0.717) is 6.42 Å². The minimum Gasteiger partial charge on any atom is -0.480 e. The van der Waals surface area contributed by atoms with Gasteiger partial charge in [0.25, 0.3) is 0 Å². The van der Waals surface area contributed by atoms with Crippen LogP contribution in [0.2, 0.25) is 0 Å². The van der Waals surface area contributed by atoms with Crippen LogP contribution in [0.25, 0.3) is 0 Å². The van der Waals surface area contributed by atoms with Crippen LogP contribution in [0.15, 0.2) is 0 Å². The third kappa shape index (κ3) is 4.08. The second-order valence-corrected chi connectivity index (χ2v) is 4.54. The molecule has 5 heteroatoms. The highest BCUT2D eigenvalue weighted by atomic mass is 16.4. The molecule has 94 valence electrons. The van der Waals surface area contributed by atoms with Crippen LogP contribution in [-0.2, 0) is 4.79 Å². The molecule has 1 unspecified atom stereocenters. The third-order valence-electron chi connectivity index (χ3n) is 2.79. The van der Waals surface area contributed by atoms with Gasteiger partial charge in [0.1, 0.15) is 6.04 Å². The summed E-state index contributed by atoms with van der Waals surface area (Å²) in [5, 5.41) is 11.7. The van der Waals surface area contributed by atoms with Crippen LogP contribution in [-0.4, -0.2) is 40.6 Å². The van der Waals surface area contributed by atoms with Crippen LogP contribution in [0.3, 0.4) is 0 Å². The summed E-state index contributed by atoms with van der Waals surface area (Å²) in [6.07, 6.45) is 1.18. The van der Waals surface area contributed by atoms with Gasteiger partial charge < -0.3 is 15.3 Å². The van der Waals surface area contributed by atoms with Gasteiger partial charge in [-0.2, -0.15) is 0 Å². The van der Waals surface area contributed by atoms with Crippen molar-refractivity contribution >= 4 is 12.0 Å². The number of amides is 2. The second kappa shape index (κ2) is 5.72. The van der Waals surface area contributed by atoms with E-state index in [9.17, 15) is 9.59 Å². The van der Waals surface area contributed by atoms with E-state index in [1.807, 2.05) is 20.8 Å². The first-order valence-corrected chi connectivity index (χ1v) is 5.53. The van der Waals surface area contributed by atoms with Gasteiger partial charge >= 0.3 is 12.0 Å². The summed E-state index contributed by atoms with van der Waals surface area (Å²) in [6.45, 7) is 7.52. The first kappa shape index (κ1) is 14.7. The topological polar surface area (TPSA) is 69.6 Å². The molecule has 0 aromatic carbocycles. The minimum atomic E-state index is -0.977. The molecule has 0 rings (SSSR count). The fourth-order valence-corrected chi connectivity index (χ4v) is 1.22. The van der Waals surface area contributed by atoms with Crippen molar-refractivity contribution in [2.45, 2.75) is 52.1 Å². The Morgan fingerprint density at radius 2 is 1.88 bits per heavy atom. The number of aliphatic carboxylic acids is 1. The van der Waals surface area contributed by atoms with Gasteiger partial charge in [0.15, 0.2) is 0 Å². The maximum absolute atomic E-state index is 11.8. The molecule has 0 aromatic rings. The van der Waals surface area contributed by atoms with Crippen LogP contribution in [0.4, 0.5) is 4.79 Å². The summed E-state index contributed by atoms with van der Waals surface area (Å²) >= 11 is 0. The molecule has 0 saturated heterocycles. The number of nitrogens with zero attached hydrogens (tertiary/aromatic N) is 1. The Hall–Kier alpha value is -1.26. The van der Waals surface area contributed by atoms with E-state index in [1.54, 1.807) is 6.92 Å². The minimum absolute atomic E-state index is 0.317. The van der Waals surface area contributed by atoms with Gasteiger partial charge in [0, 0.05) is 12.6 Å². The lowest BCUT2D eigenvalue weighted by Crippen LogP contribution is -2.53. The largest absolute Gasteiger partial charge is 0.480 e. The highest BCUT2D eigenvalue weighted by Gasteiger charge is 2.27. The summed E-state index contributed by atoms with van der Waals surface area (Å²) in [4.78, 5) is 23.9. The Kier molecular flexibility index (Phi) is 5.27. The number of urea groups is 1. The van der Waals surface area contributed by atoms with Crippen molar-refractivity contribution in [2.75, 3.05) is 7.05 Å². The molecule has 2 amide bonds. The molecule has 16 heavy (non-hydrogen) atoms. The van der Waals surface area contributed by atoms with E-state index in [1.165, 1.54) is 11.9 Å². The predicted octanol–water partition coefficient (Wildman–Crippen LogP) is 1.68. The monoisotopic (exact) mass is 230 g/mol. The van der Waals surface area contributed by atoms with E-state index in [0.717, 1.165) is 6.42 Å². The van der Waals surface area contributed by atoms with Crippen molar-refractivity contribution in [1.29, 1.82) is 0 Å². The Morgan fingerprint density at radius 3 is 2.19 bits per heavy atom. The molecule has 2 N–H and O–H groups in total. The van der Waals surface area contributed by atoms with E-state index < -0.39 is 12.0 Å². The van der Waals surface area contributed by atoms with Crippen molar-refractivity contribution in [1.82, 2.24) is 10.2 Å². The third-order valence-corrected chi connectivity index (χ3v) is 2.79. The lowest BCUT2D eigenvalue weighted by atomic mass is 10.0. The van der Waals surface area contributed by atoms with E-state index >= 15 is 0 Å². The SMILES string of the molecule is CCC(C(=O)O)N(C)C(=O)NC(C)(C)CC. The smallest absolute Gasteiger partial charge is 0.326 e. The van der Waals surface area contributed by atoms with E-state index in [4.69, 9.17) is 5.11 Å². The van der Waals surface area contributed by atoms with Gasteiger partial charge in [-0.15, -0.1) is 0 Å². The zero-order valence-electron chi connectivity index (χ0n) is 10.7. The van der Waals surface area contributed by atoms with Crippen molar-refractivity contribution < 1.29 is 14.7 Å². The number of rotatable bonds is 5. The van der Waals surface area contributed by atoms with Crippen LogP contribution in [0.1, 0.15) is 40.5 Å². The molecular formula is C11H22N2O3. The number of carbonyl (C=O) groups is 2. The Balaban J connectivity index is 4.55. The van der Waals surface area contributed by atoms with E-state index in [2.05, 4.69) is 5.32 Å². The Bertz CT molecular complexity index is 264. The number of carboxylic acids is 1. The van der Waals surface area contributed by atoms with Crippen molar-refractivity contribution in [3.05, 3.63) is 0 Å². The zero-order chi connectivity index (χ0) is 12.9. The molecule has 0 aromatic heterocycles. The molecule has 0 radical (unpaired) electrons. The molecule has 0 fully saturated rings. The zero-order valence-corrected chi connectivity index (χ0v) is 10.7. The van der Waals surface area contributed by atoms with Gasteiger partial charge in [-0.1, -0.05) is 13.8 Å². The van der Waals surface area contributed by atoms with Crippen molar-refractivity contribution in [2.24, 2.45) is 0 Å². The average molecular weight is 230 g/mol. The Labute approximate surface area is 96.8 Å². The fraction of sp³-hybridized carbons (Fsp3) is 0.818. The number of hydrogen-bond acceptors (Lipinski definition) is 2. The van der Waals surface area contributed by atoms with Gasteiger partial charge in [-0.3, -0.25) is 0 Å². The van der Waals surface area contributed by atoms with Crippen LogP contribution in [0, 0.1) is 0 Å². The van der Waals surface area contributed by atoms with Crippen LogP contribution < -0.4 is 5.32 Å². The lowest BCUT2D eigenvalue weighted by molar-refractivity contribution is -0.141. The maximum Gasteiger partial charge on any atom is 0.326 e. The standard InChI is InChI=1S/C11H22N2O3/c1-6-8(9(14)15)13(5)10(16)12-11(3,4)7-2/h8H,6-7H2,1-5H3,(H,12,16)(H,14,15). The first-order valence-electron chi connectivity index (χ1n) is 5.53. The molecule has 0 aliphatic rings. The van der Waals surface area contributed by atoms with E-state index in [-0.39, 0.29) is 11.6 Å². The number of hydrogen-bond donors (Lipinski definition) is 2. The molecule has 0 bridgehead atoms. The highest BCUT2D eigenvalue weighted by Crippen LogP contribution is 2.09. The van der Waals surface area contributed by atoms with Crippen LogP contribution >= 0.6 is 0 Å². The normalized spacial score (nSPS) is 13.1. The predicted molar refractivity (Wildman–Crippen MR) is 62.4 cm³/mol. The summed E-state index contributed by atoms with van der Waals surface area (Å²) in [6, 6.07) is -1.12. The number of carboxylic acid groups (broad SMARTS) is 1. The quantitative estimate of drug-likeness (QED) is 0.755. The number of likely N-dealkylation sites (N-methyl/N-ethyl adjacent to an activating group) is 1. The lowest BCUT2D eigenvalue weighted by Gasteiger charge is -2.30. The Morgan fingerprint density at radius 1 is 1.38 bits per heavy atom. The van der Waals surface area contributed by atoms with Gasteiger partial charge in [-0.05, 0) is 26.7 Å². The van der Waals surface area contributed by atoms with Crippen molar-refractivity contribution in [3.8, 4) is 0 Å². The second-order valence-electron chi connectivity index (χ2n) is 4.54. The number of carbonyl (C=O) groups excluding carboxylic acids is 1. The fourth-order valence-electron chi connectivity index (χ4n) is 1.22. The molecule has 5 nitrogen and oxygen atoms in total. The van der Waals surface area contributed by atoms with Gasteiger partial charge in [-0.25, -0.2) is 9.59 Å². The van der Waals surface area contributed by atoms with Crippen molar-refractivity contribution in [3.63, 3.8) is 0 Å². The van der Waals surface area contributed by atoms with Gasteiger partial charge in [0.2, 0.25) is 0 Å². The highest BCUT2D eigenvalue weighted by molar-refractivity contribution is 5.82. The molecule has 1 atom stereocenters. The molecule has 0 spiro atoms. The number of nitrogens with one attached hydrogen (secondary N) is 1. The summed E-state index contributed by atoms with van der Waals surface area (Å²) < 4.78 is 0. The molecule has 0 heterocycles. The van der Waals surface area contributed by atoms with Gasteiger partial charge in [0.05, 0.1) is 0 Å². The average Bonchev–Trinajstić information content (AvgIpc) is 2.17. The molecule has 0 aliphatic carbocycles. The summed E-state index contributed by atoms with van der Waals surface area (Å²) in [5.74, 6) is -0.977. The summed E-state index contributed by atoms with van der Waals surface area (Å²) in [5.41, 5.74) is -0.317. The molecule has 0 saturated carbocycles. The van der Waals surface area contributed by atoms with Crippen LogP contribution in [0.5, 0.6) is 0 Å². The summed E-state index contributed by atoms with van der Waals surface area (Å²) in [7, 11) is 1.50. The molecular weight excluding hydrogens is 208 g/mol. The maximum atomic E-state index is 11.8. The molecule has 0 aliphatic heterocycles. The first-order chi connectivity index (χ1) is 7.25.